The molecule has 27 heavy (non-hydrogen) atoms. The maximum atomic E-state index is 13.1. The minimum absolute atomic E-state index is 0.0911. The molecule has 1 unspecified atom stereocenters. The molecule has 2 aliphatic rings. The Hall–Kier alpha value is -2.36. The van der Waals surface area contributed by atoms with Gasteiger partial charge in [0.25, 0.3) is 0 Å². The molecule has 1 aliphatic carbocycles. The van der Waals surface area contributed by atoms with Crippen molar-refractivity contribution in [3.8, 4) is 0 Å². The molecule has 0 saturated carbocycles. The topological polar surface area (TPSA) is 55.4 Å². The van der Waals surface area contributed by atoms with Crippen molar-refractivity contribution in [2.24, 2.45) is 11.3 Å². The highest BCUT2D eigenvalue weighted by atomic mass is 16.5. The molecule has 0 spiro atoms. The Kier molecular flexibility index (Phi) is 6.30. The van der Waals surface area contributed by atoms with Gasteiger partial charge in [0.1, 0.15) is 0 Å². The van der Waals surface area contributed by atoms with Crippen LogP contribution in [0.3, 0.4) is 0 Å². The van der Waals surface area contributed by atoms with Crippen LogP contribution in [-0.4, -0.2) is 18.4 Å². The van der Waals surface area contributed by atoms with E-state index in [1.165, 1.54) is 0 Å². The summed E-state index contributed by atoms with van der Waals surface area (Å²) in [6.45, 7) is 15.9. The highest BCUT2D eigenvalue weighted by Crippen LogP contribution is 2.45. The number of dihydropyridines is 1. The molecule has 4 nitrogen and oxygen atoms in total. The van der Waals surface area contributed by atoms with Crippen molar-refractivity contribution in [1.82, 2.24) is 5.32 Å². The second-order valence-electron chi connectivity index (χ2n) is 8.18. The Balaban J connectivity index is 2.62. The molecule has 0 aromatic rings. The summed E-state index contributed by atoms with van der Waals surface area (Å²) in [6.07, 6.45) is 6.97. The van der Waals surface area contributed by atoms with Gasteiger partial charge in [-0.15, -0.1) is 0 Å². The molecule has 0 fully saturated rings. The van der Waals surface area contributed by atoms with Crippen LogP contribution < -0.4 is 5.32 Å². The largest absolute Gasteiger partial charge is 0.463 e. The van der Waals surface area contributed by atoms with Crippen LogP contribution >= 0.6 is 0 Å². The zero-order valence-electron chi connectivity index (χ0n) is 17.4. The lowest BCUT2D eigenvalue weighted by Gasteiger charge is -2.39. The number of carbonyl (C=O) groups is 2. The molecule has 0 aromatic carbocycles. The van der Waals surface area contributed by atoms with E-state index in [9.17, 15) is 9.59 Å². The van der Waals surface area contributed by atoms with Gasteiger partial charge in [-0.05, 0) is 39.5 Å². The summed E-state index contributed by atoms with van der Waals surface area (Å²) in [5.41, 5.74) is 4.81. The van der Waals surface area contributed by atoms with E-state index in [4.69, 9.17) is 4.74 Å². The van der Waals surface area contributed by atoms with Gasteiger partial charge in [0.05, 0.1) is 12.2 Å². The van der Waals surface area contributed by atoms with E-state index in [1.54, 1.807) is 13.0 Å². The van der Waals surface area contributed by atoms with Gasteiger partial charge < -0.3 is 10.1 Å². The van der Waals surface area contributed by atoms with Crippen molar-refractivity contribution >= 4 is 11.8 Å². The van der Waals surface area contributed by atoms with Gasteiger partial charge in [-0.2, -0.15) is 0 Å². The lowest BCUT2D eigenvalue weighted by atomic mass is 9.68. The second kappa shape index (κ2) is 8.12. The molecule has 1 atom stereocenters. The summed E-state index contributed by atoms with van der Waals surface area (Å²) in [7, 11) is 0. The summed E-state index contributed by atoms with van der Waals surface area (Å²) in [5, 5.41) is 3.33. The standard InChI is InChI=1S/C23H31NO3/c1-8-14(3)10-11-15(4)19-20(22(26)27-9-2)16(5)24-17-12-23(6,7)13-18(25)21(17)19/h8,10-11,19,24H,1,9,12-13H2,2-7H3/b14-10-,15-11+. The summed E-state index contributed by atoms with van der Waals surface area (Å²) in [5.74, 6) is -0.642. The molecule has 0 bridgehead atoms. The van der Waals surface area contributed by atoms with Gasteiger partial charge in [0.2, 0.25) is 0 Å². The van der Waals surface area contributed by atoms with E-state index in [-0.39, 0.29) is 23.1 Å². The first-order chi connectivity index (χ1) is 12.6. The van der Waals surface area contributed by atoms with E-state index in [1.807, 2.05) is 32.9 Å². The number of hydrogen-bond donors (Lipinski definition) is 1. The number of hydrogen-bond acceptors (Lipinski definition) is 4. The maximum absolute atomic E-state index is 13.1. The van der Waals surface area contributed by atoms with Gasteiger partial charge >= 0.3 is 5.97 Å². The third kappa shape index (κ3) is 4.49. The van der Waals surface area contributed by atoms with Crippen LogP contribution in [0.25, 0.3) is 0 Å². The fourth-order valence-corrected chi connectivity index (χ4v) is 3.80. The van der Waals surface area contributed by atoms with Crippen LogP contribution in [0.15, 0.2) is 58.5 Å². The number of rotatable bonds is 5. The van der Waals surface area contributed by atoms with Crippen LogP contribution in [0.4, 0.5) is 0 Å². The normalized spacial score (nSPS) is 23.0. The third-order valence-electron chi connectivity index (χ3n) is 5.12. The maximum Gasteiger partial charge on any atom is 0.336 e. The van der Waals surface area contributed by atoms with Crippen molar-refractivity contribution < 1.29 is 14.3 Å². The Morgan fingerprint density at radius 1 is 1.30 bits per heavy atom. The number of ketones is 1. The van der Waals surface area contributed by atoms with Crippen LogP contribution in [0, 0.1) is 11.3 Å². The lowest BCUT2D eigenvalue weighted by Crippen LogP contribution is -2.39. The van der Waals surface area contributed by atoms with Gasteiger partial charge in [-0.25, -0.2) is 4.79 Å². The van der Waals surface area contributed by atoms with Crippen molar-refractivity contribution in [3.05, 3.63) is 58.5 Å². The zero-order valence-corrected chi connectivity index (χ0v) is 17.4. The summed E-state index contributed by atoms with van der Waals surface area (Å²) < 4.78 is 5.31. The number of Topliss-reactive ketones (excluding diaryl/α,β-unsaturated/α-hetero) is 1. The summed E-state index contributed by atoms with van der Waals surface area (Å²) in [4.78, 5) is 25.8. The SMILES string of the molecule is C=C/C(C)=C\C=C(/C)C1C(C(=O)OCC)=C(C)NC2=C1C(=O)CC(C)(C)C2. The first kappa shape index (κ1) is 20.9. The van der Waals surface area contributed by atoms with Crippen molar-refractivity contribution in [2.45, 2.75) is 54.4 Å². The number of esters is 1. The smallest absolute Gasteiger partial charge is 0.336 e. The van der Waals surface area contributed by atoms with Gasteiger partial charge in [0, 0.05) is 29.3 Å². The van der Waals surface area contributed by atoms with E-state index in [0.717, 1.165) is 29.0 Å². The fourth-order valence-electron chi connectivity index (χ4n) is 3.80. The predicted octanol–water partition coefficient (Wildman–Crippen LogP) is 4.76. The molecule has 0 radical (unpaired) electrons. The van der Waals surface area contributed by atoms with E-state index in [0.29, 0.717) is 24.2 Å². The average molecular weight is 370 g/mol. The highest BCUT2D eigenvalue weighted by Gasteiger charge is 2.42. The van der Waals surface area contributed by atoms with Crippen molar-refractivity contribution in [1.29, 1.82) is 0 Å². The number of carbonyl (C=O) groups excluding carboxylic acids is 2. The Morgan fingerprint density at radius 3 is 2.56 bits per heavy atom. The third-order valence-corrected chi connectivity index (χ3v) is 5.12. The molecule has 1 heterocycles. The highest BCUT2D eigenvalue weighted by molar-refractivity contribution is 6.03. The van der Waals surface area contributed by atoms with Gasteiger partial charge in [-0.1, -0.05) is 49.8 Å². The van der Waals surface area contributed by atoms with E-state index < -0.39 is 0 Å². The molecule has 146 valence electrons. The zero-order chi connectivity index (χ0) is 20.4. The summed E-state index contributed by atoms with van der Waals surface area (Å²) >= 11 is 0. The molecule has 0 aromatic heterocycles. The molecule has 1 N–H and O–H groups in total. The van der Waals surface area contributed by atoms with Gasteiger partial charge in [0.15, 0.2) is 5.78 Å². The van der Waals surface area contributed by atoms with Crippen LogP contribution in [0.1, 0.15) is 54.4 Å². The molecule has 0 amide bonds. The minimum atomic E-state index is -0.377. The van der Waals surface area contributed by atoms with Crippen molar-refractivity contribution in [2.75, 3.05) is 6.61 Å². The average Bonchev–Trinajstić information content (AvgIpc) is 2.56. The molecule has 0 saturated heterocycles. The van der Waals surface area contributed by atoms with Gasteiger partial charge in [-0.3, -0.25) is 4.79 Å². The monoisotopic (exact) mass is 369 g/mol. The van der Waals surface area contributed by atoms with Crippen LogP contribution in [-0.2, 0) is 14.3 Å². The molecule has 4 heteroatoms. The first-order valence-corrected chi connectivity index (χ1v) is 9.50. The first-order valence-electron chi connectivity index (χ1n) is 9.50. The lowest BCUT2D eigenvalue weighted by molar-refractivity contribution is -0.139. The molecule has 1 aliphatic heterocycles. The Labute approximate surface area is 162 Å². The minimum Gasteiger partial charge on any atom is -0.463 e. The predicted molar refractivity (Wildman–Crippen MR) is 109 cm³/mol. The Bertz CT molecular complexity index is 790. The van der Waals surface area contributed by atoms with E-state index in [2.05, 4.69) is 25.7 Å². The molecule has 2 rings (SSSR count). The number of ether oxygens (including phenoxy) is 1. The van der Waals surface area contributed by atoms with Crippen LogP contribution in [0.2, 0.25) is 0 Å². The van der Waals surface area contributed by atoms with Crippen molar-refractivity contribution in [3.63, 3.8) is 0 Å². The molecular weight excluding hydrogens is 338 g/mol. The Morgan fingerprint density at radius 2 is 1.96 bits per heavy atom. The summed E-state index contributed by atoms with van der Waals surface area (Å²) in [6, 6.07) is 0. The number of nitrogens with one attached hydrogen (secondary N) is 1. The number of allylic oxidation sites excluding steroid dienone is 8. The second-order valence-corrected chi connectivity index (χ2v) is 8.18. The fraction of sp³-hybridized carbons (Fsp3) is 0.478. The molecular formula is C23H31NO3. The quantitative estimate of drug-likeness (QED) is 0.560. The van der Waals surface area contributed by atoms with Crippen LogP contribution in [0.5, 0.6) is 0 Å². The van der Waals surface area contributed by atoms with E-state index >= 15 is 0 Å².